The lowest BCUT2D eigenvalue weighted by Gasteiger charge is -2.36. The van der Waals surface area contributed by atoms with Crippen LogP contribution in [0.1, 0.15) is 72.6 Å². The Labute approximate surface area is 127 Å². The fourth-order valence-corrected chi connectivity index (χ4v) is 4.18. The Hall–Kier alpha value is -0.0500. The van der Waals surface area contributed by atoms with E-state index in [1.807, 2.05) is 0 Å². The summed E-state index contributed by atoms with van der Waals surface area (Å²) < 4.78 is 0. The second kappa shape index (κ2) is 7.10. The van der Waals surface area contributed by atoms with Crippen molar-refractivity contribution in [3.63, 3.8) is 0 Å². The van der Waals surface area contributed by atoms with Gasteiger partial charge < -0.3 is 5.32 Å². The van der Waals surface area contributed by atoms with Gasteiger partial charge in [0, 0.05) is 16.3 Å². The molecule has 0 spiro atoms. The third-order valence-corrected chi connectivity index (χ3v) is 5.08. The van der Waals surface area contributed by atoms with Gasteiger partial charge in [0.2, 0.25) is 5.91 Å². The molecule has 0 bridgehead atoms. The number of carbonyl (C=O) groups excluding carboxylic acids is 1. The largest absolute Gasteiger partial charge is 0.350 e. The van der Waals surface area contributed by atoms with Gasteiger partial charge in [-0.05, 0) is 44.9 Å². The molecule has 0 aromatic heterocycles. The molecular formula is C16H30BrNO. The summed E-state index contributed by atoms with van der Waals surface area (Å²) in [6.45, 7) is 8.78. The van der Waals surface area contributed by atoms with Crippen LogP contribution in [0.5, 0.6) is 0 Å². The van der Waals surface area contributed by atoms with Gasteiger partial charge in [-0.3, -0.25) is 4.79 Å². The second-order valence-corrected chi connectivity index (χ2v) is 7.69. The lowest BCUT2D eigenvalue weighted by atomic mass is 9.77. The molecule has 0 saturated heterocycles. The topological polar surface area (TPSA) is 29.1 Å². The molecule has 1 aliphatic rings. The summed E-state index contributed by atoms with van der Waals surface area (Å²) in [5.74, 6) is 0.900. The highest BCUT2D eigenvalue weighted by Gasteiger charge is 2.43. The molecule has 0 aliphatic heterocycles. The average Bonchev–Trinajstić information content (AvgIpc) is 2.78. The average molecular weight is 332 g/mol. The van der Waals surface area contributed by atoms with E-state index >= 15 is 0 Å². The van der Waals surface area contributed by atoms with E-state index in [2.05, 4.69) is 48.9 Å². The summed E-state index contributed by atoms with van der Waals surface area (Å²) >= 11 is 3.50. The van der Waals surface area contributed by atoms with Crippen molar-refractivity contribution in [2.24, 2.45) is 11.3 Å². The van der Waals surface area contributed by atoms with Gasteiger partial charge in [0.05, 0.1) is 0 Å². The van der Waals surface area contributed by atoms with Crippen LogP contribution in [0, 0.1) is 11.3 Å². The molecule has 1 amide bonds. The smallest absolute Gasteiger partial charge is 0.226 e. The normalized spacial score (nSPS) is 21.4. The van der Waals surface area contributed by atoms with E-state index in [1.165, 1.54) is 12.8 Å². The van der Waals surface area contributed by atoms with Crippen molar-refractivity contribution in [2.45, 2.75) is 78.2 Å². The minimum Gasteiger partial charge on any atom is -0.350 e. The van der Waals surface area contributed by atoms with Gasteiger partial charge >= 0.3 is 0 Å². The summed E-state index contributed by atoms with van der Waals surface area (Å²) in [4.78, 5) is 12.8. The van der Waals surface area contributed by atoms with Crippen LogP contribution in [-0.4, -0.2) is 16.8 Å². The number of rotatable bonds is 7. The van der Waals surface area contributed by atoms with E-state index in [9.17, 15) is 4.79 Å². The maximum atomic E-state index is 12.8. The molecule has 1 aliphatic carbocycles. The van der Waals surface area contributed by atoms with Crippen molar-refractivity contribution in [2.75, 3.05) is 5.33 Å². The zero-order chi connectivity index (χ0) is 14.5. The van der Waals surface area contributed by atoms with Gasteiger partial charge in [0.1, 0.15) is 0 Å². The van der Waals surface area contributed by atoms with E-state index in [4.69, 9.17) is 0 Å². The molecule has 1 rings (SSSR count). The maximum absolute atomic E-state index is 12.8. The lowest BCUT2D eigenvalue weighted by molar-refractivity contribution is -0.133. The Bertz CT molecular complexity index is 297. The third-order valence-electron chi connectivity index (χ3n) is 4.68. The molecule has 19 heavy (non-hydrogen) atoms. The van der Waals surface area contributed by atoms with Gasteiger partial charge in [-0.1, -0.05) is 49.5 Å². The molecule has 0 radical (unpaired) electrons. The van der Waals surface area contributed by atoms with Crippen molar-refractivity contribution in [1.29, 1.82) is 0 Å². The lowest BCUT2D eigenvalue weighted by Crippen LogP contribution is -2.51. The Morgan fingerprint density at radius 3 is 2.37 bits per heavy atom. The zero-order valence-electron chi connectivity index (χ0n) is 13.0. The Morgan fingerprint density at radius 2 is 1.95 bits per heavy atom. The van der Waals surface area contributed by atoms with E-state index in [-0.39, 0.29) is 11.0 Å². The molecule has 1 saturated carbocycles. The van der Waals surface area contributed by atoms with Gasteiger partial charge in [0.25, 0.3) is 0 Å². The summed E-state index contributed by atoms with van der Waals surface area (Å²) in [5.41, 5.74) is -0.149. The highest BCUT2D eigenvalue weighted by atomic mass is 79.9. The van der Waals surface area contributed by atoms with Gasteiger partial charge in [-0.15, -0.1) is 0 Å². The predicted octanol–water partition coefficient (Wildman–Crippen LogP) is 4.66. The van der Waals surface area contributed by atoms with Crippen LogP contribution < -0.4 is 5.32 Å². The van der Waals surface area contributed by atoms with Crippen molar-refractivity contribution < 1.29 is 4.79 Å². The van der Waals surface area contributed by atoms with Crippen molar-refractivity contribution in [3.05, 3.63) is 0 Å². The second-order valence-electron chi connectivity index (χ2n) is 6.89. The monoisotopic (exact) mass is 331 g/mol. The number of carbonyl (C=O) groups is 1. The summed E-state index contributed by atoms with van der Waals surface area (Å²) in [7, 11) is 0. The highest BCUT2D eigenvalue weighted by Crippen LogP contribution is 2.43. The SMILES string of the molecule is CCC(C)(CCBr)NC(=O)C1(CC(C)C)CCCC1. The molecule has 2 nitrogen and oxygen atoms in total. The van der Waals surface area contributed by atoms with Crippen LogP contribution in [-0.2, 0) is 4.79 Å². The summed E-state index contributed by atoms with van der Waals surface area (Å²) in [6, 6.07) is 0. The van der Waals surface area contributed by atoms with Crippen LogP contribution >= 0.6 is 15.9 Å². The molecule has 1 atom stereocenters. The van der Waals surface area contributed by atoms with Gasteiger partial charge in [-0.25, -0.2) is 0 Å². The molecular weight excluding hydrogens is 302 g/mol. The Kier molecular flexibility index (Phi) is 6.35. The summed E-state index contributed by atoms with van der Waals surface area (Å²) in [5, 5.41) is 4.30. The number of alkyl halides is 1. The fraction of sp³-hybridized carbons (Fsp3) is 0.938. The van der Waals surface area contributed by atoms with E-state index < -0.39 is 0 Å². The van der Waals surface area contributed by atoms with Gasteiger partial charge in [-0.2, -0.15) is 0 Å². The minimum atomic E-state index is -0.0864. The van der Waals surface area contributed by atoms with Crippen LogP contribution in [0.2, 0.25) is 0 Å². The molecule has 0 aromatic carbocycles. The van der Waals surface area contributed by atoms with Crippen molar-refractivity contribution in [1.82, 2.24) is 5.32 Å². The first-order valence-electron chi connectivity index (χ1n) is 7.76. The first kappa shape index (κ1) is 17.0. The maximum Gasteiger partial charge on any atom is 0.226 e. The number of nitrogens with one attached hydrogen (secondary N) is 1. The molecule has 0 aromatic rings. The zero-order valence-corrected chi connectivity index (χ0v) is 14.6. The van der Waals surface area contributed by atoms with E-state index in [0.717, 1.165) is 37.4 Å². The van der Waals surface area contributed by atoms with Crippen LogP contribution in [0.15, 0.2) is 0 Å². The van der Waals surface area contributed by atoms with E-state index in [1.54, 1.807) is 0 Å². The van der Waals surface area contributed by atoms with Crippen molar-refractivity contribution >= 4 is 21.8 Å². The molecule has 112 valence electrons. The van der Waals surface area contributed by atoms with Gasteiger partial charge in [0.15, 0.2) is 0 Å². The molecule has 1 N–H and O–H groups in total. The predicted molar refractivity (Wildman–Crippen MR) is 85.6 cm³/mol. The standard InChI is InChI=1S/C16H30BrNO/c1-5-15(4,10-11-17)18-14(19)16(12-13(2)3)8-6-7-9-16/h13H,5-12H2,1-4H3,(H,18,19). The van der Waals surface area contributed by atoms with Crippen LogP contribution in [0.4, 0.5) is 0 Å². The first-order valence-corrected chi connectivity index (χ1v) is 8.88. The number of halogens is 1. The fourth-order valence-electron chi connectivity index (χ4n) is 3.30. The first-order chi connectivity index (χ1) is 8.87. The molecule has 3 heteroatoms. The number of amides is 1. The quantitative estimate of drug-likeness (QED) is 0.675. The number of hydrogen-bond donors (Lipinski definition) is 1. The third kappa shape index (κ3) is 4.47. The van der Waals surface area contributed by atoms with Crippen LogP contribution in [0.25, 0.3) is 0 Å². The molecule has 0 heterocycles. The highest BCUT2D eigenvalue weighted by molar-refractivity contribution is 9.09. The van der Waals surface area contributed by atoms with Crippen LogP contribution in [0.3, 0.4) is 0 Å². The molecule has 1 unspecified atom stereocenters. The van der Waals surface area contributed by atoms with E-state index in [0.29, 0.717) is 11.8 Å². The Morgan fingerprint density at radius 1 is 1.37 bits per heavy atom. The van der Waals surface area contributed by atoms with Crippen molar-refractivity contribution in [3.8, 4) is 0 Å². The summed E-state index contributed by atoms with van der Waals surface area (Å²) in [6.07, 6.45) is 7.58. The molecule has 1 fully saturated rings. The minimum absolute atomic E-state index is 0.0623. The number of hydrogen-bond acceptors (Lipinski definition) is 1. The Balaban J connectivity index is 2.77.